The first-order chi connectivity index (χ1) is 4.34. The Morgan fingerprint density at radius 3 is 2.78 bits per heavy atom. The highest BCUT2D eigenvalue weighted by Crippen LogP contribution is 2.11. The molecule has 0 saturated carbocycles. The molecule has 0 amide bonds. The lowest BCUT2D eigenvalue weighted by Crippen LogP contribution is -2.44. The number of piperidine rings is 1. The fourth-order valence-electron chi connectivity index (χ4n) is 1.41. The van der Waals surface area contributed by atoms with E-state index in [9.17, 15) is 0 Å². The minimum atomic E-state index is 0.351. The largest absolute Gasteiger partial charge is 0.316 e. The van der Waals surface area contributed by atoms with E-state index in [0.717, 1.165) is 6.54 Å². The van der Waals surface area contributed by atoms with Gasteiger partial charge in [-0.1, -0.05) is 6.92 Å². The Balaban J connectivity index is 2.30. The molecule has 0 aliphatic carbocycles. The molecule has 0 aromatic heterocycles. The summed E-state index contributed by atoms with van der Waals surface area (Å²) in [5.74, 6) is 0. The van der Waals surface area contributed by atoms with Crippen molar-refractivity contribution in [2.45, 2.75) is 32.4 Å². The van der Waals surface area contributed by atoms with E-state index in [1.165, 1.54) is 25.8 Å². The van der Waals surface area contributed by atoms with Gasteiger partial charge >= 0.3 is 0 Å². The number of likely N-dealkylation sites (tertiary alicyclic amines) is 1. The minimum absolute atomic E-state index is 0.351. The quantitative estimate of drug-likeness (QED) is 0.565. The van der Waals surface area contributed by atoms with Gasteiger partial charge in [-0.15, -0.1) is 0 Å². The Labute approximate surface area is 57.0 Å². The predicted molar refractivity (Wildman–Crippen MR) is 39.1 cm³/mol. The minimum Gasteiger partial charge on any atom is -0.316 e. The summed E-state index contributed by atoms with van der Waals surface area (Å²) in [6.45, 7) is 4.49. The van der Waals surface area contributed by atoms with Crippen LogP contribution in [0.3, 0.4) is 0 Å². The molecule has 1 aliphatic heterocycles. The Bertz CT molecular complexity index is 83.0. The van der Waals surface area contributed by atoms with Crippen molar-refractivity contribution in [2.24, 2.45) is 5.73 Å². The van der Waals surface area contributed by atoms with Gasteiger partial charge in [0.15, 0.2) is 0 Å². The van der Waals surface area contributed by atoms with Gasteiger partial charge in [0.1, 0.15) is 0 Å². The van der Waals surface area contributed by atoms with Crippen LogP contribution >= 0.6 is 0 Å². The molecule has 1 heterocycles. The molecule has 54 valence electrons. The molecule has 1 saturated heterocycles. The molecule has 0 aromatic rings. The summed E-state index contributed by atoms with van der Waals surface area (Å²) in [4.78, 5) is 2.34. The summed E-state index contributed by atoms with van der Waals surface area (Å²) in [5, 5.41) is 0. The highest BCUT2D eigenvalue weighted by Gasteiger charge is 2.15. The SMILES string of the molecule is CCN1CCCC[C@H]1N. The summed E-state index contributed by atoms with van der Waals surface area (Å²) < 4.78 is 0. The molecular weight excluding hydrogens is 112 g/mol. The molecule has 2 nitrogen and oxygen atoms in total. The third kappa shape index (κ3) is 1.66. The number of hydrogen-bond acceptors (Lipinski definition) is 2. The van der Waals surface area contributed by atoms with Crippen molar-refractivity contribution in [1.82, 2.24) is 4.90 Å². The molecule has 0 aromatic carbocycles. The van der Waals surface area contributed by atoms with Gasteiger partial charge in [0.05, 0.1) is 6.17 Å². The normalized spacial score (nSPS) is 30.7. The van der Waals surface area contributed by atoms with E-state index in [4.69, 9.17) is 5.73 Å². The van der Waals surface area contributed by atoms with Crippen LogP contribution in [0.1, 0.15) is 26.2 Å². The van der Waals surface area contributed by atoms with Crippen LogP contribution in [0.4, 0.5) is 0 Å². The zero-order valence-electron chi connectivity index (χ0n) is 6.14. The Kier molecular flexibility index (Phi) is 2.49. The predicted octanol–water partition coefficient (Wildman–Crippen LogP) is 0.777. The molecule has 9 heavy (non-hydrogen) atoms. The van der Waals surface area contributed by atoms with Crippen LogP contribution in [-0.2, 0) is 0 Å². The lowest BCUT2D eigenvalue weighted by Gasteiger charge is -2.31. The maximum absolute atomic E-state index is 5.82. The maximum Gasteiger partial charge on any atom is 0.0571 e. The number of nitrogens with two attached hydrogens (primary N) is 1. The Hall–Kier alpha value is -0.0800. The molecule has 1 rings (SSSR count). The zero-order chi connectivity index (χ0) is 6.69. The zero-order valence-corrected chi connectivity index (χ0v) is 6.14. The first-order valence-corrected chi connectivity index (χ1v) is 3.84. The van der Waals surface area contributed by atoms with Crippen molar-refractivity contribution < 1.29 is 0 Å². The fourth-order valence-corrected chi connectivity index (χ4v) is 1.41. The van der Waals surface area contributed by atoms with Gasteiger partial charge in [0, 0.05) is 0 Å². The van der Waals surface area contributed by atoms with Crippen LogP contribution in [0.5, 0.6) is 0 Å². The monoisotopic (exact) mass is 128 g/mol. The average molecular weight is 128 g/mol. The van der Waals surface area contributed by atoms with Gasteiger partial charge in [-0.3, -0.25) is 4.90 Å². The average Bonchev–Trinajstić information content (AvgIpc) is 1.89. The second-order valence-corrected chi connectivity index (χ2v) is 2.69. The van der Waals surface area contributed by atoms with E-state index < -0.39 is 0 Å². The van der Waals surface area contributed by atoms with E-state index in [-0.39, 0.29) is 0 Å². The molecule has 1 atom stereocenters. The molecule has 0 unspecified atom stereocenters. The summed E-state index contributed by atoms with van der Waals surface area (Å²) >= 11 is 0. The van der Waals surface area contributed by atoms with E-state index in [0.29, 0.717) is 6.17 Å². The molecule has 0 bridgehead atoms. The summed E-state index contributed by atoms with van der Waals surface area (Å²) in [7, 11) is 0. The van der Waals surface area contributed by atoms with Gasteiger partial charge in [-0.2, -0.15) is 0 Å². The highest BCUT2D eigenvalue weighted by atomic mass is 15.2. The van der Waals surface area contributed by atoms with Gasteiger partial charge < -0.3 is 5.73 Å². The number of rotatable bonds is 1. The van der Waals surface area contributed by atoms with Crippen molar-refractivity contribution in [2.75, 3.05) is 13.1 Å². The topological polar surface area (TPSA) is 29.3 Å². The first-order valence-electron chi connectivity index (χ1n) is 3.84. The van der Waals surface area contributed by atoms with Crippen LogP contribution in [0.25, 0.3) is 0 Å². The smallest absolute Gasteiger partial charge is 0.0571 e. The van der Waals surface area contributed by atoms with E-state index in [1.54, 1.807) is 0 Å². The lowest BCUT2D eigenvalue weighted by atomic mass is 10.1. The van der Waals surface area contributed by atoms with Crippen LogP contribution in [0.2, 0.25) is 0 Å². The third-order valence-electron chi connectivity index (χ3n) is 2.07. The molecule has 2 heteroatoms. The van der Waals surface area contributed by atoms with Crippen LogP contribution in [0.15, 0.2) is 0 Å². The Morgan fingerprint density at radius 2 is 2.33 bits per heavy atom. The summed E-state index contributed by atoms with van der Waals surface area (Å²) in [5.41, 5.74) is 5.82. The van der Waals surface area contributed by atoms with Crippen molar-refractivity contribution >= 4 is 0 Å². The lowest BCUT2D eigenvalue weighted by molar-refractivity contribution is 0.160. The molecular formula is C7H16N2. The van der Waals surface area contributed by atoms with E-state index >= 15 is 0 Å². The summed E-state index contributed by atoms with van der Waals surface area (Å²) in [6.07, 6.45) is 4.19. The molecule has 0 radical (unpaired) electrons. The highest BCUT2D eigenvalue weighted by molar-refractivity contribution is 4.69. The molecule has 1 fully saturated rings. The second-order valence-electron chi connectivity index (χ2n) is 2.69. The van der Waals surface area contributed by atoms with Crippen molar-refractivity contribution in [3.8, 4) is 0 Å². The van der Waals surface area contributed by atoms with Crippen LogP contribution in [0, 0.1) is 0 Å². The van der Waals surface area contributed by atoms with Crippen LogP contribution < -0.4 is 5.73 Å². The number of nitrogens with zero attached hydrogens (tertiary/aromatic N) is 1. The maximum atomic E-state index is 5.82. The molecule has 0 spiro atoms. The van der Waals surface area contributed by atoms with Crippen molar-refractivity contribution in [3.05, 3.63) is 0 Å². The van der Waals surface area contributed by atoms with Gasteiger partial charge in [0.2, 0.25) is 0 Å². The van der Waals surface area contributed by atoms with Gasteiger partial charge in [-0.05, 0) is 32.4 Å². The molecule has 1 aliphatic rings. The second kappa shape index (κ2) is 3.18. The van der Waals surface area contributed by atoms with Crippen LogP contribution in [-0.4, -0.2) is 24.2 Å². The third-order valence-corrected chi connectivity index (χ3v) is 2.07. The summed E-state index contributed by atoms with van der Waals surface area (Å²) in [6, 6.07) is 0. The van der Waals surface area contributed by atoms with Gasteiger partial charge in [0.25, 0.3) is 0 Å². The van der Waals surface area contributed by atoms with Crippen molar-refractivity contribution in [3.63, 3.8) is 0 Å². The van der Waals surface area contributed by atoms with E-state index in [2.05, 4.69) is 11.8 Å². The van der Waals surface area contributed by atoms with Gasteiger partial charge in [-0.25, -0.2) is 0 Å². The number of hydrogen-bond donors (Lipinski definition) is 1. The van der Waals surface area contributed by atoms with Crippen molar-refractivity contribution in [1.29, 1.82) is 0 Å². The first kappa shape index (κ1) is 7.03. The molecule has 2 N–H and O–H groups in total. The Morgan fingerprint density at radius 1 is 1.56 bits per heavy atom. The fraction of sp³-hybridized carbons (Fsp3) is 1.00. The van der Waals surface area contributed by atoms with E-state index in [1.807, 2.05) is 0 Å². The standard InChI is InChI=1S/C7H16N2/c1-2-9-6-4-3-5-7(9)8/h7H,2-6,8H2,1H3/t7-/m0/s1.